The predicted molar refractivity (Wildman–Crippen MR) is 89.8 cm³/mol. The van der Waals surface area contributed by atoms with Crippen molar-refractivity contribution in [2.75, 3.05) is 13.7 Å². The first kappa shape index (κ1) is 16.1. The molecule has 24 heavy (non-hydrogen) atoms. The van der Waals surface area contributed by atoms with Gasteiger partial charge >= 0.3 is 0 Å². The number of rotatable bonds is 4. The number of aromatic nitrogens is 1. The van der Waals surface area contributed by atoms with Gasteiger partial charge in [-0.1, -0.05) is 25.1 Å². The Kier molecular flexibility index (Phi) is 4.55. The van der Waals surface area contributed by atoms with Crippen LogP contribution >= 0.6 is 0 Å². The zero-order chi connectivity index (χ0) is 17.1. The molecule has 1 aliphatic heterocycles. The first-order valence-corrected chi connectivity index (χ1v) is 7.96. The molecule has 0 aliphatic carbocycles. The number of hydrogen-bond acceptors (Lipinski definition) is 4. The van der Waals surface area contributed by atoms with E-state index in [0.717, 1.165) is 23.3 Å². The van der Waals surface area contributed by atoms with Crippen LogP contribution in [0.1, 0.15) is 40.9 Å². The Morgan fingerprint density at radius 1 is 1.42 bits per heavy atom. The minimum Gasteiger partial charge on any atom is -0.496 e. The third-order valence-electron chi connectivity index (χ3n) is 4.21. The second kappa shape index (κ2) is 6.78. The molecule has 3 rings (SSSR count). The number of methoxy groups -OCH3 is 1. The van der Waals surface area contributed by atoms with Crippen molar-refractivity contribution in [1.82, 2.24) is 10.3 Å². The van der Waals surface area contributed by atoms with Gasteiger partial charge in [-0.2, -0.15) is 0 Å². The molecule has 0 bridgehead atoms. The van der Waals surface area contributed by atoms with Crippen LogP contribution in [0, 0.1) is 0 Å². The van der Waals surface area contributed by atoms with Crippen LogP contribution in [0.15, 0.2) is 35.3 Å². The standard InChI is InChI=1S/C18H20N2O4/c1-3-11-5-4-6-12-13(8-10-24-16(11)12)20-18(22)15-14(23-2)7-9-19-17(15)21/h4-7,9,13H,3,8,10H2,1-2H3,(H,19,21)(H,20,22)/t13-/m0/s1. The number of hydrogen-bond donors (Lipinski definition) is 2. The molecule has 1 aromatic heterocycles. The molecule has 2 aromatic rings. The molecular weight excluding hydrogens is 308 g/mol. The molecule has 2 heterocycles. The largest absolute Gasteiger partial charge is 0.496 e. The lowest BCUT2D eigenvalue weighted by Gasteiger charge is -2.28. The number of benzene rings is 1. The molecule has 0 radical (unpaired) electrons. The van der Waals surface area contributed by atoms with Crippen LogP contribution in [0.25, 0.3) is 0 Å². The maximum atomic E-state index is 12.6. The second-order valence-corrected chi connectivity index (χ2v) is 5.60. The highest BCUT2D eigenvalue weighted by Crippen LogP contribution is 2.35. The molecule has 0 fully saturated rings. The van der Waals surface area contributed by atoms with E-state index in [-0.39, 0.29) is 17.4 Å². The minimum absolute atomic E-state index is 0.0142. The molecule has 1 amide bonds. The van der Waals surface area contributed by atoms with Gasteiger partial charge in [0.05, 0.1) is 19.8 Å². The maximum absolute atomic E-state index is 12.6. The van der Waals surface area contributed by atoms with Crippen LogP contribution in [-0.4, -0.2) is 24.6 Å². The quantitative estimate of drug-likeness (QED) is 0.902. The monoisotopic (exact) mass is 328 g/mol. The summed E-state index contributed by atoms with van der Waals surface area (Å²) in [5.41, 5.74) is 1.57. The summed E-state index contributed by atoms with van der Waals surface area (Å²) in [5.74, 6) is 0.643. The summed E-state index contributed by atoms with van der Waals surface area (Å²) in [7, 11) is 1.43. The van der Waals surface area contributed by atoms with Gasteiger partial charge in [-0.05, 0) is 18.1 Å². The Labute approximate surface area is 139 Å². The van der Waals surface area contributed by atoms with Crippen molar-refractivity contribution < 1.29 is 14.3 Å². The maximum Gasteiger partial charge on any atom is 0.264 e. The van der Waals surface area contributed by atoms with Crippen molar-refractivity contribution in [3.05, 3.63) is 57.5 Å². The number of carbonyl (C=O) groups excluding carboxylic acids is 1. The molecule has 6 nitrogen and oxygen atoms in total. The van der Waals surface area contributed by atoms with Crippen LogP contribution < -0.4 is 20.3 Å². The molecule has 0 saturated carbocycles. The highest BCUT2D eigenvalue weighted by molar-refractivity contribution is 5.96. The predicted octanol–water partition coefficient (Wildman–Crippen LogP) is 2.20. The number of pyridine rings is 1. The average Bonchev–Trinajstić information content (AvgIpc) is 2.61. The van der Waals surface area contributed by atoms with Crippen LogP contribution in [0.4, 0.5) is 0 Å². The highest BCUT2D eigenvalue weighted by Gasteiger charge is 2.27. The van der Waals surface area contributed by atoms with Crippen molar-refractivity contribution in [2.24, 2.45) is 0 Å². The third-order valence-corrected chi connectivity index (χ3v) is 4.21. The fourth-order valence-electron chi connectivity index (χ4n) is 2.99. The number of H-pyrrole nitrogens is 1. The fourth-order valence-corrected chi connectivity index (χ4v) is 2.99. The SMILES string of the molecule is CCc1cccc2c1OCC[C@@H]2NC(=O)c1c(OC)cc[nH]c1=O. The van der Waals surface area contributed by atoms with E-state index in [4.69, 9.17) is 9.47 Å². The summed E-state index contributed by atoms with van der Waals surface area (Å²) in [5, 5.41) is 2.94. The molecule has 1 aromatic carbocycles. The lowest BCUT2D eigenvalue weighted by atomic mass is 9.96. The van der Waals surface area contributed by atoms with Crippen LogP contribution in [0.5, 0.6) is 11.5 Å². The van der Waals surface area contributed by atoms with Crippen LogP contribution in [0.2, 0.25) is 0 Å². The van der Waals surface area contributed by atoms with E-state index in [1.54, 1.807) is 6.07 Å². The summed E-state index contributed by atoms with van der Waals surface area (Å²) in [6, 6.07) is 7.29. The number of amides is 1. The zero-order valence-electron chi connectivity index (χ0n) is 13.7. The van der Waals surface area contributed by atoms with Gasteiger partial charge in [0.1, 0.15) is 17.1 Å². The van der Waals surface area contributed by atoms with Crippen molar-refractivity contribution in [3.8, 4) is 11.5 Å². The number of ether oxygens (including phenoxy) is 2. The second-order valence-electron chi connectivity index (χ2n) is 5.60. The number of carbonyl (C=O) groups is 1. The van der Waals surface area contributed by atoms with Gasteiger partial charge in [-0.25, -0.2) is 0 Å². The molecule has 1 atom stereocenters. The molecule has 0 unspecified atom stereocenters. The number of nitrogens with one attached hydrogen (secondary N) is 2. The van der Waals surface area contributed by atoms with Crippen molar-refractivity contribution in [1.29, 1.82) is 0 Å². The van der Waals surface area contributed by atoms with Gasteiger partial charge in [-0.3, -0.25) is 9.59 Å². The van der Waals surface area contributed by atoms with E-state index in [1.165, 1.54) is 13.3 Å². The topological polar surface area (TPSA) is 80.4 Å². The Bertz CT molecular complexity index is 813. The van der Waals surface area contributed by atoms with Crippen LogP contribution in [-0.2, 0) is 6.42 Å². The molecule has 6 heteroatoms. The van der Waals surface area contributed by atoms with E-state index in [2.05, 4.69) is 17.2 Å². The minimum atomic E-state index is -0.471. The van der Waals surface area contributed by atoms with Gasteiger partial charge in [0.15, 0.2) is 0 Å². The highest BCUT2D eigenvalue weighted by atomic mass is 16.5. The van der Waals surface area contributed by atoms with E-state index in [9.17, 15) is 9.59 Å². The molecular formula is C18H20N2O4. The summed E-state index contributed by atoms with van der Waals surface area (Å²) in [6.07, 6.45) is 2.96. The first-order valence-electron chi connectivity index (χ1n) is 7.96. The van der Waals surface area contributed by atoms with Gasteiger partial charge < -0.3 is 19.8 Å². The van der Waals surface area contributed by atoms with Crippen molar-refractivity contribution in [2.45, 2.75) is 25.8 Å². The molecule has 1 aliphatic rings. The van der Waals surface area contributed by atoms with E-state index in [1.807, 2.05) is 18.2 Å². The lowest BCUT2D eigenvalue weighted by Crippen LogP contribution is -2.35. The smallest absolute Gasteiger partial charge is 0.264 e. The third kappa shape index (κ3) is 2.87. The Morgan fingerprint density at radius 3 is 3.00 bits per heavy atom. The van der Waals surface area contributed by atoms with Crippen molar-refractivity contribution >= 4 is 5.91 Å². The summed E-state index contributed by atoms with van der Waals surface area (Å²) >= 11 is 0. The Morgan fingerprint density at radius 2 is 2.25 bits per heavy atom. The number of aryl methyl sites for hydroxylation is 1. The van der Waals surface area contributed by atoms with Gasteiger partial charge in [0, 0.05) is 18.2 Å². The lowest BCUT2D eigenvalue weighted by molar-refractivity contribution is 0.0920. The van der Waals surface area contributed by atoms with E-state index < -0.39 is 11.5 Å². The zero-order valence-corrected chi connectivity index (χ0v) is 13.7. The van der Waals surface area contributed by atoms with Crippen LogP contribution in [0.3, 0.4) is 0 Å². The summed E-state index contributed by atoms with van der Waals surface area (Å²) in [4.78, 5) is 27.1. The molecule has 2 N–H and O–H groups in total. The normalized spacial score (nSPS) is 16.0. The summed E-state index contributed by atoms with van der Waals surface area (Å²) < 4.78 is 10.9. The van der Waals surface area contributed by atoms with Crippen molar-refractivity contribution in [3.63, 3.8) is 0 Å². The number of fused-ring (bicyclic) bond motifs is 1. The Hall–Kier alpha value is -2.76. The van der Waals surface area contributed by atoms with E-state index in [0.29, 0.717) is 13.0 Å². The number of aromatic amines is 1. The van der Waals surface area contributed by atoms with Gasteiger partial charge in [0.2, 0.25) is 0 Å². The molecule has 0 saturated heterocycles. The Balaban J connectivity index is 1.92. The fraction of sp³-hybridized carbons (Fsp3) is 0.333. The molecule has 126 valence electrons. The van der Waals surface area contributed by atoms with Gasteiger partial charge in [-0.15, -0.1) is 0 Å². The van der Waals surface area contributed by atoms with E-state index >= 15 is 0 Å². The average molecular weight is 328 g/mol. The van der Waals surface area contributed by atoms with Gasteiger partial charge in [0.25, 0.3) is 11.5 Å². The summed E-state index contributed by atoms with van der Waals surface area (Å²) in [6.45, 7) is 2.59. The number of para-hydroxylation sites is 1. The first-order chi connectivity index (χ1) is 11.7. The molecule has 0 spiro atoms.